The van der Waals surface area contributed by atoms with Crippen molar-refractivity contribution in [3.8, 4) is 22.5 Å². The molecule has 0 unspecified atom stereocenters. The fourth-order valence-corrected chi connectivity index (χ4v) is 3.99. The van der Waals surface area contributed by atoms with Crippen molar-refractivity contribution in [3.05, 3.63) is 65.6 Å². The molecule has 0 saturated heterocycles. The summed E-state index contributed by atoms with van der Waals surface area (Å²) in [5.41, 5.74) is 12.8. The van der Waals surface area contributed by atoms with Crippen molar-refractivity contribution in [2.75, 3.05) is 0 Å². The van der Waals surface area contributed by atoms with Gasteiger partial charge >= 0.3 is 0 Å². The number of benzene rings is 1. The number of Topliss-reactive ketones (excluding diaryl/α,β-unsaturated/α-hetero) is 1. The molecular weight excluding hydrogens is 414 g/mol. The number of nitrogens with two attached hydrogens (primary N) is 1. The average molecular weight is 442 g/mol. The molecule has 2 N–H and O–H groups in total. The summed E-state index contributed by atoms with van der Waals surface area (Å²) in [6, 6.07) is 13.3. The number of fused-ring (bicyclic) bond motifs is 2. The quantitative estimate of drug-likeness (QED) is 0.502. The summed E-state index contributed by atoms with van der Waals surface area (Å²) in [5.74, 6) is -0.192. The van der Waals surface area contributed by atoms with Gasteiger partial charge in [-0.2, -0.15) is 5.10 Å². The summed E-state index contributed by atoms with van der Waals surface area (Å²) in [6.07, 6.45) is 4.51. The molecule has 0 radical (unpaired) electrons. The van der Waals surface area contributed by atoms with Gasteiger partial charge in [-0.3, -0.25) is 19.4 Å². The van der Waals surface area contributed by atoms with Gasteiger partial charge in [-0.25, -0.2) is 0 Å². The minimum Gasteiger partial charge on any atom is -0.366 e. The van der Waals surface area contributed by atoms with Crippen molar-refractivity contribution in [2.45, 2.75) is 46.6 Å². The first kappa shape index (κ1) is 22.3. The van der Waals surface area contributed by atoms with E-state index >= 15 is 0 Å². The van der Waals surface area contributed by atoms with E-state index in [9.17, 15) is 9.59 Å². The molecule has 1 aliphatic rings. The van der Waals surface area contributed by atoms with Gasteiger partial charge in [0.05, 0.1) is 11.2 Å². The highest BCUT2D eigenvalue weighted by Gasteiger charge is 2.25. The van der Waals surface area contributed by atoms with Gasteiger partial charge < -0.3 is 10.5 Å². The number of primary amides is 1. The summed E-state index contributed by atoms with van der Waals surface area (Å²) < 4.78 is 2.08. The van der Waals surface area contributed by atoms with Gasteiger partial charge in [0.2, 0.25) is 5.91 Å². The molecule has 0 bridgehead atoms. The molecule has 168 valence electrons. The molecule has 33 heavy (non-hydrogen) atoms. The standard InChI is InChI=1S/C22H19N5O.C4H8O/c1-13-4-2-5-18(25-13)21-20(19-6-3-11-27(19)26-21)15-9-10-24-17-8-7-14(22(23)28)12-16(15)17;1-3-4(2)5/h2,4-5,7-10,12H,3,6,11H2,1H3,(H2,23,28);3H2,1-2H3. The Hall–Kier alpha value is -3.87. The van der Waals surface area contributed by atoms with Crippen LogP contribution in [0.2, 0.25) is 0 Å². The number of nitrogens with zero attached hydrogens (tertiary/aromatic N) is 4. The summed E-state index contributed by atoms with van der Waals surface area (Å²) in [7, 11) is 0. The van der Waals surface area contributed by atoms with Crippen LogP contribution >= 0.6 is 0 Å². The Morgan fingerprint density at radius 2 is 1.94 bits per heavy atom. The maximum absolute atomic E-state index is 11.7. The SMILES string of the molecule is CCC(C)=O.Cc1cccc(-c2nn3c(c2-c2ccnc4ccc(C(N)=O)cc24)CCC3)n1. The third-order valence-corrected chi connectivity index (χ3v) is 5.77. The van der Waals surface area contributed by atoms with E-state index in [-0.39, 0.29) is 5.78 Å². The lowest BCUT2D eigenvalue weighted by atomic mass is 9.95. The molecule has 1 aliphatic heterocycles. The Kier molecular flexibility index (Phi) is 6.31. The Balaban J connectivity index is 0.000000471. The van der Waals surface area contributed by atoms with Crippen molar-refractivity contribution in [1.82, 2.24) is 19.7 Å². The third-order valence-electron chi connectivity index (χ3n) is 5.77. The molecule has 7 heteroatoms. The first-order chi connectivity index (χ1) is 15.9. The number of rotatable bonds is 4. The van der Waals surface area contributed by atoms with E-state index < -0.39 is 5.91 Å². The van der Waals surface area contributed by atoms with Crippen LogP contribution in [0.3, 0.4) is 0 Å². The van der Waals surface area contributed by atoms with Gasteiger partial charge in [0.25, 0.3) is 0 Å². The molecule has 4 heterocycles. The fraction of sp³-hybridized carbons (Fsp3) is 0.269. The van der Waals surface area contributed by atoms with E-state index in [0.29, 0.717) is 12.0 Å². The van der Waals surface area contributed by atoms with Crippen LogP contribution in [0.5, 0.6) is 0 Å². The Bertz CT molecular complexity index is 1360. The van der Waals surface area contributed by atoms with Crippen LogP contribution in [0.25, 0.3) is 33.4 Å². The summed E-state index contributed by atoms with van der Waals surface area (Å²) >= 11 is 0. The molecule has 0 fully saturated rings. The van der Waals surface area contributed by atoms with E-state index in [4.69, 9.17) is 15.8 Å². The minimum absolute atomic E-state index is 0.255. The van der Waals surface area contributed by atoms with E-state index in [1.165, 1.54) is 5.69 Å². The third kappa shape index (κ3) is 4.53. The lowest BCUT2D eigenvalue weighted by Gasteiger charge is -2.10. The number of aromatic nitrogens is 4. The number of aryl methyl sites for hydroxylation is 2. The molecule has 0 saturated carbocycles. The second kappa shape index (κ2) is 9.32. The van der Waals surface area contributed by atoms with E-state index in [0.717, 1.165) is 58.5 Å². The maximum atomic E-state index is 11.7. The van der Waals surface area contributed by atoms with Gasteiger partial charge in [-0.1, -0.05) is 13.0 Å². The molecule has 5 rings (SSSR count). The second-order valence-electron chi connectivity index (χ2n) is 8.17. The lowest BCUT2D eigenvalue weighted by molar-refractivity contribution is -0.116. The topological polar surface area (TPSA) is 104 Å². The largest absolute Gasteiger partial charge is 0.366 e. The molecule has 3 aromatic heterocycles. The van der Waals surface area contributed by atoms with Crippen LogP contribution in [0.15, 0.2) is 48.7 Å². The number of ketones is 1. The van der Waals surface area contributed by atoms with Gasteiger partial charge in [-0.05, 0) is 68.7 Å². The summed E-state index contributed by atoms with van der Waals surface area (Å²) in [4.78, 5) is 30.7. The van der Waals surface area contributed by atoms with Gasteiger partial charge in [-0.15, -0.1) is 0 Å². The maximum Gasteiger partial charge on any atom is 0.248 e. The molecule has 0 spiro atoms. The zero-order chi connectivity index (χ0) is 23.5. The van der Waals surface area contributed by atoms with Gasteiger partial charge in [0, 0.05) is 47.1 Å². The van der Waals surface area contributed by atoms with E-state index in [1.54, 1.807) is 19.2 Å². The molecule has 7 nitrogen and oxygen atoms in total. The van der Waals surface area contributed by atoms with Crippen LogP contribution in [-0.4, -0.2) is 31.4 Å². The van der Waals surface area contributed by atoms with Crippen LogP contribution < -0.4 is 5.73 Å². The number of amides is 1. The highest BCUT2D eigenvalue weighted by Crippen LogP contribution is 2.39. The van der Waals surface area contributed by atoms with Crippen LogP contribution in [0.1, 0.15) is 48.4 Å². The average Bonchev–Trinajstić information content (AvgIpc) is 3.40. The Labute approximate surface area is 192 Å². The van der Waals surface area contributed by atoms with E-state index in [2.05, 4.69) is 9.67 Å². The van der Waals surface area contributed by atoms with E-state index in [1.807, 2.05) is 50.2 Å². The van der Waals surface area contributed by atoms with Crippen molar-refractivity contribution in [1.29, 1.82) is 0 Å². The van der Waals surface area contributed by atoms with Gasteiger partial charge in [0.15, 0.2) is 0 Å². The first-order valence-corrected chi connectivity index (χ1v) is 11.1. The number of hydrogen-bond acceptors (Lipinski definition) is 5. The number of carbonyl (C=O) groups is 2. The molecule has 0 atom stereocenters. The fourth-order valence-electron chi connectivity index (χ4n) is 3.99. The monoisotopic (exact) mass is 441 g/mol. The van der Waals surface area contributed by atoms with Crippen LogP contribution in [0.4, 0.5) is 0 Å². The number of hydrogen-bond donors (Lipinski definition) is 1. The molecular formula is C26H27N5O2. The first-order valence-electron chi connectivity index (χ1n) is 11.1. The highest BCUT2D eigenvalue weighted by molar-refractivity contribution is 6.03. The number of pyridine rings is 2. The summed E-state index contributed by atoms with van der Waals surface area (Å²) in [5, 5.41) is 5.78. The highest BCUT2D eigenvalue weighted by atomic mass is 16.1. The Morgan fingerprint density at radius 3 is 2.64 bits per heavy atom. The predicted octanol–water partition coefficient (Wildman–Crippen LogP) is 4.50. The summed E-state index contributed by atoms with van der Waals surface area (Å²) in [6.45, 7) is 6.32. The normalized spacial score (nSPS) is 12.2. The smallest absolute Gasteiger partial charge is 0.248 e. The van der Waals surface area contributed by atoms with Gasteiger partial charge in [0.1, 0.15) is 11.5 Å². The number of carbonyl (C=O) groups excluding carboxylic acids is 2. The molecule has 4 aromatic rings. The van der Waals surface area contributed by atoms with Crippen LogP contribution in [-0.2, 0) is 17.8 Å². The lowest BCUT2D eigenvalue weighted by Crippen LogP contribution is -2.10. The molecule has 1 amide bonds. The van der Waals surface area contributed by atoms with Crippen molar-refractivity contribution < 1.29 is 9.59 Å². The Morgan fingerprint density at radius 1 is 1.15 bits per heavy atom. The predicted molar refractivity (Wildman–Crippen MR) is 129 cm³/mol. The minimum atomic E-state index is -0.447. The second-order valence-corrected chi connectivity index (χ2v) is 8.17. The molecule has 0 aliphatic carbocycles. The van der Waals surface area contributed by atoms with Crippen molar-refractivity contribution in [2.24, 2.45) is 5.73 Å². The van der Waals surface area contributed by atoms with Crippen molar-refractivity contribution >= 4 is 22.6 Å². The zero-order valence-electron chi connectivity index (χ0n) is 19.1. The van der Waals surface area contributed by atoms with Crippen molar-refractivity contribution in [3.63, 3.8) is 0 Å². The van der Waals surface area contributed by atoms with Crippen LogP contribution in [0, 0.1) is 6.92 Å². The molecule has 1 aromatic carbocycles. The zero-order valence-corrected chi connectivity index (χ0v) is 19.1.